The molecule has 7 nitrogen and oxygen atoms in total. The van der Waals surface area contributed by atoms with Crippen molar-refractivity contribution < 1.29 is 14.3 Å². The van der Waals surface area contributed by atoms with Gasteiger partial charge in [0.1, 0.15) is 0 Å². The van der Waals surface area contributed by atoms with Crippen LogP contribution in [0.2, 0.25) is 15.3 Å². The molecule has 10 heteroatoms. The highest BCUT2D eigenvalue weighted by molar-refractivity contribution is 6.42. The molecule has 1 aromatic carbocycles. The lowest BCUT2D eigenvalue weighted by Crippen LogP contribution is -2.46. The maximum atomic E-state index is 13.4. The Morgan fingerprint density at radius 2 is 1.79 bits per heavy atom. The Morgan fingerprint density at radius 1 is 1.09 bits per heavy atom. The quantitative estimate of drug-likeness (QED) is 0.440. The molecule has 2 aliphatic rings. The molecule has 1 saturated carbocycles. The second-order valence-corrected chi connectivity index (χ2v) is 9.78. The van der Waals surface area contributed by atoms with Crippen LogP contribution >= 0.6 is 34.8 Å². The first-order valence-corrected chi connectivity index (χ1v) is 12.0. The molecular formula is C23H24Cl3N3O4. The third-order valence-corrected chi connectivity index (χ3v) is 7.63. The maximum absolute atomic E-state index is 13.4. The van der Waals surface area contributed by atoms with Crippen LogP contribution in [-0.2, 0) is 22.5 Å². The fraction of sp³-hybridized carbons (Fsp3) is 0.478. The Morgan fingerprint density at radius 3 is 2.42 bits per heavy atom. The van der Waals surface area contributed by atoms with Gasteiger partial charge in [-0.15, -0.1) is 0 Å². The summed E-state index contributed by atoms with van der Waals surface area (Å²) >= 11 is 18.5. The van der Waals surface area contributed by atoms with Crippen LogP contribution in [-0.4, -0.2) is 39.5 Å². The summed E-state index contributed by atoms with van der Waals surface area (Å²) in [6, 6.07) is 4.43. The van der Waals surface area contributed by atoms with E-state index in [0.29, 0.717) is 59.0 Å². The molecule has 4 rings (SSSR count). The number of carbonyl (C=O) groups excluding carboxylic acids is 2. The van der Waals surface area contributed by atoms with Gasteiger partial charge in [-0.3, -0.25) is 19.0 Å². The van der Waals surface area contributed by atoms with E-state index in [4.69, 9.17) is 39.5 Å². The first-order chi connectivity index (χ1) is 15.7. The van der Waals surface area contributed by atoms with E-state index >= 15 is 0 Å². The number of ether oxygens (including phenoxy) is 1. The average Bonchev–Trinajstić information content (AvgIpc) is 2.80. The zero-order chi connectivity index (χ0) is 23.9. The molecule has 0 radical (unpaired) electrons. The largest absolute Gasteiger partial charge is 0.469 e. The molecule has 1 amide bonds. The van der Waals surface area contributed by atoms with Crippen LogP contribution in [0.15, 0.2) is 23.0 Å². The third kappa shape index (κ3) is 4.63. The Hall–Kier alpha value is -2.09. The predicted octanol–water partition coefficient (Wildman–Crippen LogP) is 4.69. The van der Waals surface area contributed by atoms with E-state index in [1.807, 2.05) is 6.92 Å². The molecule has 1 atom stereocenters. The Balaban J connectivity index is 1.58. The number of halogens is 3. The van der Waals surface area contributed by atoms with E-state index in [9.17, 15) is 14.4 Å². The van der Waals surface area contributed by atoms with Crippen molar-refractivity contribution in [2.75, 3.05) is 7.11 Å². The highest BCUT2D eigenvalue weighted by Crippen LogP contribution is 2.34. The Labute approximate surface area is 206 Å². The van der Waals surface area contributed by atoms with E-state index < -0.39 is 0 Å². The molecule has 2 heterocycles. The number of nitrogens with zero attached hydrogens (tertiary/aromatic N) is 3. The second kappa shape index (κ2) is 9.65. The van der Waals surface area contributed by atoms with Crippen molar-refractivity contribution in [3.05, 3.63) is 60.7 Å². The van der Waals surface area contributed by atoms with Gasteiger partial charge >= 0.3 is 5.97 Å². The van der Waals surface area contributed by atoms with Gasteiger partial charge < -0.3 is 9.64 Å². The molecule has 0 bridgehead atoms. The first-order valence-electron chi connectivity index (χ1n) is 10.8. The summed E-state index contributed by atoms with van der Waals surface area (Å²) in [5.74, 6) is -0.571. The van der Waals surface area contributed by atoms with Crippen LogP contribution < -0.4 is 5.56 Å². The number of benzene rings is 1. The fourth-order valence-corrected chi connectivity index (χ4v) is 5.38. The van der Waals surface area contributed by atoms with E-state index in [2.05, 4.69) is 4.98 Å². The summed E-state index contributed by atoms with van der Waals surface area (Å²) in [4.78, 5) is 44.5. The summed E-state index contributed by atoms with van der Waals surface area (Å²) in [7, 11) is 1.39. The van der Waals surface area contributed by atoms with Crippen LogP contribution in [0, 0.1) is 5.92 Å². The summed E-state index contributed by atoms with van der Waals surface area (Å²) in [5, 5.41) is 0.787. The monoisotopic (exact) mass is 511 g/mol. The van der Waals surface area contributed by atoms with Gasteiger partial charge in [-0.05, 0) is 68.8 Å². The number of carbonyl (C=O) groups is 2. The highest BCUT2D eigenvalue weighted by Gasteiger charge is 2.34. The zero-order valence-electron chi connectivity index (χ0n) is 18.3. The lowest BCUT2D eigenvalue weighted by molar-refractivity contribution is -0.146. The minimum Gasteiger partial charge on any atom is -0.469 e. The molecule has 1 aromatic heterocycles. The molecule has 0 unspecified atom stereocenters. The van der Waals surface area contributed by atoms with Gasteiger partial charge in [0.15, 0.2) is 0 Å². The SMILES string of the molecule is COC(=O)C1CCC(n2c(Cl)nc3c(c2=O)C[C@@H](C)N(C(=O)c2ccc(Cl)c(Cl)c2)C3)CC1. The number of aromatic nitrogens is 2. The summed E-state index contributed by atoms with van der Waals surface area (Å²) in [6.45, 7) is 2.08. The molecule has 0 spiro atoms. The van der Waals surface area contributed by atoms with Gasteiger partial charge in [-0.2, -0.15) is 0 Å². The molecule has 2 aromatic rings. The molecule has 33 heavy (non-hydrogen) atoms. The topological polar surface area (TPSA) is 81.5 Å². The Bertz CT molecular complexity index is 1160. The number of methoxy groups -OCH3 is 1. The van der Waals surface area contributed by atoms with E-state index in [1.165, 1.54) is 13.2 Å². The molecule has 176 valence electrons. The first kappa shape index (κ1) is 24.0. The summed E-state index contributed by atoms with van der Waals surface area (Å²) < 4.78 is 6.40. The van der Waals surface area contributed by atoms with Crippen molar-refractivity contribution >= 4 is 46.7 Å². The van der Waals surface area contributed by atoms with Gasteiger partial charge in [-0.25, -0.2) is 4.98 Å². The number of rotatable bonds is 3. The lowest BCUT2D eigenvalue weighted by Gasteiger charge is -2.35. The summed E-state index contributed by atoms with van der Waals surface area (Å²) in [6.07, 6.45) is 2.96. The smallest absolute Gasteiger partial charge is 0.308 e. The standard InChI is InChI=1S/C23H24Cl3N3O4/c1-12-9-16-19(11-28(12)20(30)14-5-8-17(24)18(25)10-14)27-23(26)29(21(16)31)15-6-3-13(4-7-15)22(32)33-2/h5,8,10,12-13,15H,3-4,6-7,9,11H2,1-2H3/t12-,13?,15?/m1/s1. The number of fused-ring (bicyclic) bond motifs is 1. The van der Waals surface area contributed by atoms with Crippen molar-refractivity contribution in [2.24, 2.45) is 5.92 Å². The van der Waals surface area contributed by atoms with Gasteiger partial charge in [-0.1, -0.05) is 23.2 Å². The predicted molar refractivity (Wildman–Crippen MR) is 126 cm³/mol. The molecule has 1 fully saturated rings. The molecular weight excluding hydrogens is 489 g/mol. The Kier molecular flexibility index (Phi) is 7.03. The minimum atomic E-state index is -0.213. The molecule has 1 aliphatic carbocycles. The van der Waals surface area contributed by atoms with Gasteiger partial charge in [0, 0.05) is 23.2 Å². The van der Waals surface area contributed by atoms with E-state index in [0.717, 1.165) is 0 Å². The second-order valence-electron chi connectivity index (χ2n) is 8.62. The van der Waals surface area contributed by atoms with Crippen LogP contribution in [0.3, 0.4) is 0 Å². The number of esters is 1. The van der Waals surface area contributed by atoms with Crippen LogP contribution in [0.4, 0.5) is 0 Å². The van der Waals surface area contributed by atoms with Crippen LogP contribution in [0.5, 0.6) is 0 Å². The van der Waals surface area contributed by atoms with Crippen molar-refractivity contribution in [1.29, 1.82) is 0 Å². The maximum Gasteiger partial charge on any atom is 0.308 e. The van der Waals surface area contributed by atoms with Gasteiger partial charge in [0.2, 0.25) is 5.28 Å². The minimum absolute atomic E-state index is 0.108. The number of hydrogen-bond donors (Lipinski definition) is 0. The highest BCUT2D eigenvalue weighted by atomic mass is 35.5. The number of hydrogen-bond acceptors (Lipinski definition) is 5. The van der Waals surface area contributed by atoms with Crippen molar-refractivity contribution in [3.8, 4) is 0 Å². The fourth-order valence-electron chi connectivity index (χ4n) is 4.76. The number of amides is 1. The van der Waals surface area contributed by atoms with Crippen molar-refractivity contribution in [1.82, 2.24) is 14.5 Å². The summed E-state index contributed by atoms with van der Waals surface area (Å²) in [5.41, 5.74) is 1.35. The molecule has 0 N–H and O–H groups in total. The average molecular weight is 513 g/mol. The van der Waals surface area contributed by atoms with Crippen molar-refractivity contribution in [2.45, 2.75) is 57.7 Å². The van der Waals surface area contributed by atoms with E-state index in [-0.39, 0.29) is 47.3 Å². The third-order valence-electron chi connectivity index (χ3n) is 6.63. The van der Waals surface area contributed by atoms with Crippen LogP contribution in [0.25, 0.3) is 0 Å². The van der Waals surface area contributed by atoms with Crippen LogP contribution in [0.1, 0.15) is 60.3 Å². The van der Waals surface area contributed by atoms with Crippen molar-refractivity contribution in [3.63, 3.8) is 0 Å². The normalized spacial score (nSPS) is 22.6. The van der Waals surface area contributed by atoms with E-state index in [1.54, 1.807) is 21.6 Å². The van der Waals surface area contributed by atoms with Gasteiger partial charge in [0.25, 0.3) is 11.5 Å². The molecule has 1 aliphatic heterocycles. The molecule has 0 saturated heterocycles. The lowest BCUT2D eigenvalue weighted by atomic mass is 9.86. The zero-order valence-corrected chi connectivity index (χ0v) is 20.6. The van der Waals surface area contributed by atoms with Gasteiger partial charge in [0.05, 0.1) is 35.3 Å².